The number of carboxylic acids is 1. The van der Waals surface area contributed by atoms with Gasteiger partial charge in [0.05, 0.1) is 5.92 Å². The molecule has 0 aromatic heterocycles. The van der Waals surface area contributed by atoms with Crippen LogP contribution in [0.4, 0.5) is 5.69 Å². The number of hydrogen-bond acceptors (Lipinski definition) is 3. The molecule has 1 aromatic carbocycles. The standard InChI is InChI=1S/C14H19BrN2O2/c1-10-7-16(2)8-11(14(18)19)9-17(10)13-5-3-4-12(15)6-13/h3-6,10-11H,7-9H2,1-2H3,(H,18,19). The lowest BCUT2D eigenvalue weighted by Gasteiger charge is -2.31. The largest absolute Gasteiger partial charge is 0.481 e. The van der Waals surface area contributed by atoms with E-state index in [1.807, 2.05) is 31.3 Å². The molecule has 0 saturated carbocycles. The Balaban J connectivity index is 2.28. The highest BCUT2D eigenvalue weighted by atomic mass is 79.9. The van der Waals surface area contributed by atoms with Crippen LogP contribution >= 0.6 is 15.9 Å². The molecule has 1 aromatic rings. The molecule has 0 bridgehead atoms. The lowest BCUT2D eigenvalue weighted by atomic mass is 10.1. The number of rotatable bonds is 2. The molecule has 1 N–H and O–H groups in total. The molecular weight excluding hydrogens is 308 g/mol. The highest BCUT2D eigenvalue weighted by Gasteiger charge is 2.30. The molecule has 1 fully saturated rings. The minimum absolute atomic E-state index is 0.295. The molecule has 2 unspecified atom stereocenters. The van der Waals surface area contributed by atoms with Gasteiger partial charge in [-0.05, 0) is 32.2 Å². The summed E-state index contributed by atoms with van der Waals surface area (Å²) < 4.78 is 1.02. The first-order valence-electron chi connectivity index (χ1n) is 6.41. The number of hydrogen-bond donors (Lipinski definition) is 1. The molecule has 4 nitrogen and oxygen atoms in total. The average Bonchev–Trinajstić information content (AvgIpc) is 2.47. The zero-order chi connectivity index (χ0) is 14.0. The topological polar surface area (TPSA) is 43.8 Å². The van der Waals surface area contributed by atoms with Crippen molar-refractivity contribution >= 4 is 27.6 Å². The predicted molar refractivity (Wildman–Crippen MR) is 79.6 cm³/mol. The van der Waals surface area contributed by atoms with Crippen LogP contribution in [0.15, 0.2) is 28.7 Å². The molecular formula is C14H19BrN2O2. The van der Waals surface area contributed by atoms with Gasteiger partial charge in [-0.1, -0.05) is 22.0 Å². The van der Waals surface area contributed by atoms with Crippen molar-refractivity contribution in [2.45, 2.75) is 13.0 Å². The van der Waals surface area contributed by atoms with Crippen LogP contribution < -0.4 is 4.90 Å². The van der Waals surface area contributed by atoms with Crippen molar-refractivity contribution in [3.8, 4) is 0 Å². The number of aliphatic carboxylic acids is 1. The van der Waals surface area contributed by atoms with Crippen LogP contribution in [0.1, 0.15) is 6.92 Å². The Morgan fingerprint density at radius 1 is 1.37 bits per heavy atom. The molecule has 2 rings (SSSR count). The maximum absolute atomic E-state index is 11.3. The number of benzene rings is 1. The summed E-state index contributed by atoms with van der Waals surface area (Å²) in [6.45, 7) is 4.17. The van der Waals surface area contributed by atoms with Gasteiger partial charge in [-0.3, -0.25) is 4.79 Å². The molecule has 1 aliphatic rings. The second-order valence-electron chi connectivity index (χ2n) is 5.24. The SMILES string of the molecule is CC1CN(C)CC(C(=O)O)CN1c1cccc(Br)c1. The van der Waals surface area contributed by atoms with E-state index >= 15 is 0 Å². The third-order valence-corrected chi connectivity index (χ3v) is 4.04. The summed E-state index contributed by atoms with van der Waals surface area (Å²) in [5.41, 5.74) is 1.07. The molecule has 0 amide bonds. The minimum atomic E-state index is -0.721. The Bertz CT molecular complexity index is 467. The van der Waals surface area contributed by atoms with Crippen LogP contribution in [0.25, 0.3) is 0 Å². The Hall–Kier alpha value is -1.07. The monoisotopic (exact) mass is 326 g/mol. The molecule has 5 heteroatoms. The van der Waals surface area contributed by atoms with E-state index < -0.39 is 5.97 Å². The van der Waals surface area contributed by atoms with Crippen molar-refractivity contribution in [3.63, 3.8) is 0 Å². The Labute approximate surface area is 122 Å². The number of likely N-dealkylation sites (N-methyl/N-ethyl adjacent to an activating group) is 1. The summed E-state index contributed by atoms with van der Waals surface area (Å²) in [7, 11) is 1.98. The Morgan fingerprint density at radius 3 is 2.74 bits per heavy atom. The van der Waals surface area contributed by atoms with E-state index in [-0.39, 0.29) is 5.92 Å². The van der Waals surface area contributed by atoms with Crippen molar-refractivity contribution in [2.24, 2.45) is 5.92 Å². The highest BCUT2D eigenvalue weighted by molar-refractivity contribution is 9.10. The first-order chi connectivity index (χ1) is 8.97. The number of carbonyl (C=O) groups is 1. The van der Waals surface area contributed by atoms with E-state index in [1.54, 1.807) is 0 Å². The van der Waals surface area contributed by atoms with Gasteiger partial charge in [0, 0.05) is 35.8 Å². The maximum Gasteiger partial charge on any atom is 0.309 e. The van der Waals surface area contributed by atoms with E-state index in [9.17, 15) is 9.90 Å². The maximum atomic E-state index is 11.3. The van der Waals surface area contributed by atoms with E-state index in [2.05, 4.69) is 32.7 Å². The van der Waals surface area contributed by atoms with Gasteiger partial charge in [0.2, 0.25) is 0 Å². The molecule has 0 aliphatic carbocycles. The van der Waals surface area contributed by atoms with Crippen molar-refractivity contribution in [1.29, 1.82) is 0 Å². The summed E-state index contributed by atoms with van der Waals surface area (Å²) in [6.07, 6.45) is 0. The third kappa shape index (κ3) is 3.48. The highest BCUT2D eigenvalue weighted by Crippen LogP contribution is 2.25. The average molecular weight is 327 g/mol. The van der Waals surface area contributed by atoms with Gasteiger partial charge < -0.3 is 14.9 Å². The predicted octanol–water partition coefficient (Wildman–Crippen LogP) is 2.29. The van der Waals surface area contributed by atoms with Gasteiger partial charge in [0.1, 0.15) is 0 Å². The van der Waals surface area contributed by atoms with Crippen molar-refractivity contribution in [1.82, 2.24) is 4.90 Å². The van der Waals surface area contributed by atoms with E-state index in [0.717, 1.165) is 16.7 Å². The number of anilines is 1. The fraction of sp³-hybridized carbons (Fsp3) is 0.500. The van der Waals surface area contributed by atoms with E-state index in [1.165, 1.54) is 0 Å². The second-order valence-corrected chi connectivity index (χ2v) is 6.15. The van der Waals surface area contributed by atoms with E-state index in [0.29, 0.717) is 19.1 Å². The first kappa shape index (κ1) is 14.3. The second kappa shape index (κ2) is 5.92. The van der Waals surface area contributed by atoms with Gasteiger partial charge in [0.15, 0.2) is 0 Å². The van der Waals surface area contributed by atoms with Crippen molar-refractivity contribution < 1.29 is 9.90 Å². The Kier molecular flexibility index (Phi) is 4.47. The quantitative estimate of drug-likeness (QED) is 0.905. The van der Waals surface area contributed by atoms with Gasteiger partial charge in [-0.25, -0.2) is 0 Å². The van der Waals surface area contributed by atoms with Crippen molar-refractivity contribution in [2.75, 3.05) is 31.6 Å². The normalized spacial score (nSPS) is 25.1. The van der Waals surface area contributed by atoms with Gasteiger partial charge >= 0.3 is 5.97 Å². The molecule has 2 atom stereocenters. The fourth-order valence-electron chi connectivity index (χ4n) is 2.65. The molecule has 0 radical (unpaired) electrons. The first-order valence-corrected chi connectivity index (χ1v) is 7.20. The third-order valence-electron chi connectivity index (χ3n) is 3.55. The van der Waals surface area contributed by atoms with Crippen LogP contribution in [-0.2, 0) is 4.79 Å². The summed E-state index contributed by atoms with van der Waals surface area (Å²) in [6, 6.07) is 8.33. The molecule has 1 saturated heterocycles. The summed E-state index contributed by atoms with van der Waals surface area (Å²) in [5.74, 6) is -1.07. The molecule has 19 heavy (non-hydrogen) atoms. The summed E-state index contributed by atoms with van der Waals surface area (Å²) in [4.78, 5) is 15.6. The summed E-state index contributed by atoms with van der Waals surface area (Å²) in [5, 5.41) is 9.32. The van der Waals surface area contributed by atoms with Gasteiger partial charge in [-0.15, -0.1) is 0 Å². The number of carboxylic acid groups (broad SMARTS) is 1. The zero-order valence-corrected chi connectivity index (χ0v) is 12.8. The lowest BCUT2D eigenvalue weighted by molar-refractivity contribution is -0.141. The Morgan fingerprint density at radius 2 is 2.11 bits per heavy atom. The molecule has 1 aliphatic heterocycles. The lowest BCUT2D eigenvalue weighted by Crippen LogP contribution is -2.39. The van der Waals surface area contributed by atoms with E-state index in [4.69, 9.17) is 0 Å². The van der Waals surface area contributed by atoms with Crippen LogP contribution in [0.3, 0.4) is 0 Å². The van der Waals surface area contributed by atoms with Crippen LogP contribution in [0.2, 0.25) is 0 Å². The number of halogens is 1. The minimum Gasteiger partial charge on any atom is -0.481 e. The smallest absolute Gasteiger partial charge is 0.309 e. The fourth-order valence-corrected chi connectivity index (χ4v) is 3.03. The van der Waals surface area contributed by atoms with Gasteiger partial charge in [0.25, 0.3) is 0 Å². The van der Waals surface area contributed by atoms with Crippen LogP contribution in [0.5, 0.6) is 0 Å². The molecule has 104 valence electrons. The molecule has 1 heterocycles. The van der Waals surface area contributed by atoms with Crippen LogP contribution in [0, 0.1) is 5.92 Å². The number of nitrogens with zero attached hydrogens (tertiary/aromatic N) is 2. The van der Waals surface area contributed by atoms with Gasteiger partial charge in [-0.2, -0.15) is 0 Å². The van der Waals surface area contributed by atoms with Crippen molar-refractivity contribution in [3.05, 3.63) is 28.7 Å². The summed E-state index contributed by atoms with van der Waals surface area (Å²) >= 11 is 3.47. The van der Waals surface area contributed by atoms with Crippen LogP contribution in [-0.4, -0.2) is 48.7 Å². The molecule has 0 spiro atoms. The zero-order valence-electron chi connectivity index (χ0n) is 11.2.